The van der Waals surface area contributed by atoms with Crippen molar-refractivity contribution in [2.75, 3.05) is 0 Å². The molecule has 2 atom stereocenters. The monoisotopic (exact) mass is 268 g/mol. The lowest BCUT2D eigenvalue weighted by Gasteiger charge is -2.18. The number of carbonyl (C=O) groups is 2. The van der Waals surface area contributed by atoms with Crippen molar-refractivity contribution >= 4 is 12.0 Å². The third-order valence-electron chi connectivity index (χ3n) is 2.73. The molecule has 3 N–H and O–H groups in total. The predicted molar refractivity (Wildman–Crippen MR) is 68.2 cm³/mol. The molecule has 19 heavy (non-hydrogen) atoms. The first kappa shape index (κ1) is 14.9. The van der Waals surface area contributed by atoms with Gasteiger partial charge in [-0.05, 0) is 19.4 Å². The van der Waals surface area contributed by atoms with Gasteiger partial charge in [-0.1, -0.05) is 25.1 Å². The molecule has 1 aromatic carbocycles. The molecule has 0 aliphatic heterocycles. The van der Waals surface area contributed by atoms with E-state index in [0.717, 1.165) is 0 Å². The molecule has 2 amide bonds. The summed E-state index contributed by atoms with van der Waals surface area (Å²) in [5.74, 6) is -1.52. The Balaban J connectivity index is 2.62. The highest BCUT2D eigenvalue weighted by Crippen LogP contribution is 2.15. The molecule has 0 spiro atoms. The standard InChI is InChI=1S/C13H17FN2O3/c1-3-11(12(17)18)16-13(19)15-8(2)9-6-4-5-7-10(9)14/h4-8,11H,3H2,1-2H3,(H,17,18)(H2,15,16,19). The molecule has 5 nitrogen and oxygen atoms in total. The van der Waals surface area contributed by atoms with Gasteiger partial charge in [0, 0.05) is 5.56 Å². The van der Waals surface area contributed by atoms with Gasteiger partial charge in [-0.2, -0.15) is 0 Å². The van der Waals surface area contributed by atoms with E-state index in [4.69, 9.17) is 5.11 Å². The largest absolute Gasteiger partial charge is 0.480 e. The second-order valence-corrected chi connectivity index (χ2v) is 4.16. The van der Waals surface area contributed by atoms with E-state index >= 15 is 0 Å². The van der Waals surface area contributed by atoms with Crippen LogP contribution in [-0.4, -0.2) is 23.1 Å². The van der Waals surface area contributed by atoms with E-state index in [1.165, 1.54) is 6.07 Å². The molecule has 0 bridgehead atoms. The van der Waals surface area contributed by atoms with E-state index < -0.39 is 29.9 Å². The Bertz CT molecular complexity index is 465. The number of urea groups is 1. The highest BCUT2D eigenvalue weighted by molar-refractivity contribution is 5.82. The lowest BCUT2D eigenvalue weighted by molar-refractivity contribution is -0.139. The van der Waals surface area contributed by atoms with Gasteiger partial charge >= 0.3 is 12.0 Å². The summed E-state index contributed by atoms with van der Waals surface area (Å²) in [7, 11) is 0. The molecule has 0 aliphatic carbocycles. The number of hydrogen-bond donors (Lipinski definition) is 3. The molecule has 2 unspecified atom stereocenters. The van der Waals surface area contributed by atoms with Gasteiger partial charge < -0.3 is 15.7 Å². The number of benzene rings is 1. The van der Waals surface area contributed by atoms with Gasteiger partial charge in [0.15, 0.2) is 0 Å². The van der Waals surface area contributed by atoms with Gasteiger partial charge in [-0.15, -0.1) is 0 Å². The van der Waals surface area contributed by atoms with E-state index in [-0.39, 0.29) is 6.42 Å². The maximum Gasteiger partial charge on any atom is 0.326 e. The van der Waals surface area contributed by atoms with Crippen LogP contribution in [0.3, 0.4) is 0 Å². The Hall–Kier alpha value is -2.11. The summed E-state index contributed by atoms with van der Waals surface area (Å²) < 4.78 is 13.5. The van der Waals surface area contributed by atoms with Gasteiger partial charge in [0.2, 0.25) is 0 Å². The maximum absolute atomic E-state index is 13.5. The zero-order valence-corrected chi connectivity index (χ0v) is 10.8. The fourth-order valence-corrected chi connectivity index (χ4v) is 1.64. The Morgan fingerprint density at radius 3 is 2.47 bits per heavy atom. The number of hydrogen-bond acceptors (Lipinski definition) is 2. The normalized spacial score (nSPS) is 13.4. The van der Waals surface area contributed by atoms with Crippen LogP contribution in [0.15, 0.2) is 24.3 Å². The minimum Gasteiger partial charge on any atom is -0.480 e. The van der Waals surface area contributed by atoms with Crippen molar-refractivity contribution in [1.82, 2.24) is 10.6 Å². The van der Waals surface area contributed by atoms with Crippen LogP contribution in [0.1, 0.15) is 31.9 Å². The van der Waals surface area contributed by atoms with Gasteiger partial charge in [-0.25, -0.2) is 14.0 Å². The van der Waals surface area contributed by atoms with Crippen LogP contribution in [0.4, 0.5) is 9.18 Å². The van der Waals surface area contributed by atoms with Crippen LogP contribution in [0.25, 0.3) is 0 Å². The van der Waals surface area contributed by atoms with Gasteiger partial charge in [-0.3, -0.25) is 0 Å². The summed E-state index contributed by atoms with van der Waals surface area (Å²) in [4.78, 5) is 22.4. The SMILES string of the molecule is CCC(NC(=O)NC(C)c1ccccc1F)C(=O)O. The van der Waals surface area contributed by atoms with Crippen molar-refractivity contribution in [2.45, 2.75) is 32.4 Å². The fraction of sp³-hybridized carbons (Fsp3) is 0.385. The van der Waals surface area contributed by atoms with E-state index in [2.05, 4.69) is 10.6 Å². The summed E-state index contributed by atoms with van der Waals surface area (Å²) in [5.41, 5.74) is 0.348. The van der Waals surface area contributed by atoms with Crippen LogP contribution < -0.4 is 10.6 Å². The molecular weight excluding hydrogens is 251 g/mol. The molecule has 0 fully saturated rings. The molecule has 0 radical (unpaired) electrons. The summed E-state index contributed by atoms with van der Waals surface area (Å²) in [5, 5.41) is 13.6. The lowest BCUT2D eigenvalue weighted by atomic mass is 10.1. The minimum absolute atomic E-state index is 0.275. The molecule has 104 valence electrons. The van der Waals surface area contributed by atoms with Crippen molar-refractivity contribution < 1.29 is 19.1 Å². The van der Waals surface area contributed by atoms with E-state index in [1.807, 2.05) is 0 Å². The van der Waals surface area contributed by atoms with Gasteiger partial charge in [0.05, 0.1) is 6.04 Å². The maximum atomic E-state index is 13.5. The molecule has 1 rings (SSSR count). The zero-order chi connectivity index (χ0) is 14.4. The first-order chi connectivity index (χ1) is 8.95. The van der Waals surface area contributed by atoms with E-state index in [9.17, 15) is 14.0 Å². The Morgan fingerprint density at radius 2 is 1.95 bits per heavy atom. The molecule has 0 saturated heterocycles. The van der Waals surface area contributed by atoms with E-state index in [0.29, 0.717) is 5.56 Å². The first-order valence-electron chi connectivity index (χ1n) is 6.00. The van der Waals surface area contributed by atoms with Crippen molar-refractivity contribution in [3.63, 3.8) is 0 Å². The van der Waals surface area contributed by atoms with Crippen molar-refractivity contribution in [3.05, 3.63) is 35.6 Å². The molecular formula is C13H17FN2O3. The van der Waals surface area contributed by atoms with Crippen molar-refractivity contribution in [1.29, 1.82) is 0 Å². The number of carboxylic acids is 1. The third kappa shape index (κ3) is 4.24. The summed E-state index contributed by atoms with van der Waals surface area (Å²) >= 11 is 0. The summed E-state index contributed by atoms with van der Waals surface area (Å²) in [6.07, 6.45) is 0.275. The number of carboxylic acid groups (broad SMARTS) is 1. The minimum atomic E-state index is -1.10. The van der Waals surface area contributed by atoms with Gasteiger partial charge in [0.25, 0.3) is 0 Å². The quantitative estimate of drug-likeness (QED) is 0.764. The number of halogens is 1. The predicted octanol–water partition coefficient (Wildman–Crippen LogP) is 2.05. The second kappa shape index (κ2) is 6.72. The molecule has 0 aliphatic rings. The van der Waals surface area contributed by atoms with Crippen LogP contribution >= 0.6 is 0 Å². The summed E-state index contributed by atoms with van der Waals surface area (Å²) in [6, 6.07) is 3.96. The van der Waals surface area contributed by atoms with Crippen molar-refractivity contribution in [3.8, 4) is 0 Å². The molecule has 6 heteroatoms. The average Bonchev–Trinajstić information content (AvgIpc) is 2.35. The topological polar surface area (TPSA) is 78.4 Å². The van der Waals surface area contributed by atoms with Crippen LogP contribution in [0.5, 0.6) is 0 Å². The molecule has 0 heterocycles. The Labute approximate surface area is 110 Å². The van der Waals surface area contributed by atoms with Crippen LogP contribution in [0, 0.1) is 5.82 Å². The number of amides is 2. The fourth-order valence-electron chi connectivity index (χ4n) is 1.64. The highest BCUT2D eigenvalue weighted by atomic mass is 19.1. The van der Waals surface area contributed by atoms with Gasteiger partial charge in [0.1, 0.15) is 11.9 Å². The lowest BCUT2D eigenvalue weighted by Crippen LogP contribution is -2.46. The van der Waals surface area contributed by atoms with Crippen LogP contribution in [-0.2, 0) is 4.79 Å². The number of nitrogens with one attached hydrogen (secondary N) is 2. The number of aliphatic carboxylic acids is 1. The highest BCUT2D eigenvalue weighted by Gasteiger charge is 2.19. The molecule has 0 aromatic heterocycles. The first-order valence-corrected chi connectivity index (χ1v) is 6.00. The number of rotatable bonds is 5. The third-order valence-corrected chi connectivity index (χ3v) is 2.73. The average molecular weight is 268 g/mol. The van der Waals surface area contributed by atoms with Crippen molar-refractivity contribution in [2.24, 2.45) is 0 Å². The molecule has 0 saturated carbocycles. The Kier molecular flexibility index (Phi) is 5.29. The van der Waals surface area contributed by atoms with E-state index in [1.54, 1.807) is 32.0 Å². The zero-order valence-electron chi connectivity index (χ0n) is 10.8. The smallest absolute Gasteiger partial charge is 0.326 e. The number of carbonyl (C=O) groups excluding carboxylic acids is 1. The molecule has 1 aromatic rings. The Morgan fingerprint density at radius 1 is 1.32 bits per heavy atom. The van der Waals surface area contributed by atoms with Crippen LogP contribution in [0.2, 0.25) is 0 Å². The summed E-state index contributed by atoms with van der Waals surface area (Å²) in [6.45, 7) is 3.28. The second-order valence-electron chi connectivity index (χ2n) is 4.16.